The molecule has 0 fully saturated rings. The third-order valence-corrected chi connectivity index (χ3v) is 16.1. The van der Waals surface area contributed by atoms with Gasteiger partial charge in [0.2, 0.25) is 8.32 Å². The van der Waals surface area contributed by atoms with Crippen molar-refractivity contribution in [3.05, 3.63) is 45.8 Å². The predicted octanol–water partition coefficient (Wildman–Crippen LogP) is 8.37. The van der Waals surface area contributed by atoms with Gasteiger partial charge in [0, 0.05) is 16.8 Å². The number of benzene rings is 2. The lowest BCUT2D eigenvalue weighted by atomic mass is 10.1. The molecule has 1 aromatic heterocycles. The standard InChI is InChI=1S/C25H35ClO4Si2/c1-24(2,3)31(7,8)29-16-11-12-17-18-14-20(26)22(30-32(9,10)25(4,5)6)15-21(18)28-23(27)19(17)13-16/h11-15H,1-10H3. The van der Waals surface area contributed by atoms with E-state index in [1.807, 2.05) is 18.2 Å². The van der Waals surface area contributed by atoms with Gasteiger partial charge >= 0.3 is 5.63 Å². The smallest absolute Gasteiger partial charge is 0.344 e. The van der Waals surface area contributed by atoms with Gasteiger partial charge in [-0.3, -0.25) is 0 Å². The second-order valence-electron chi connectivity index (χ2n) is 11.6. The first kappa shape index (κ1) is 24.9. The maximum Gasteiger partial charge on any atom is 0.344 e. The summed E-state index contributed by atoms with van der Waals surface area (Å²) in [5.74, 6) is 1.26. The van der Waals surface area contributed by atoms with Gasteiger partial charge in [-0.05, 0) is 60.5 Å². The second-order valence-corrected chi connectivity index (χ2v) is 21.5. The molecule has 4 nitrogen and oxygen atoms in total. The van der Waals surface area contributed by atoms with Crippen molar-refractivity contribution in [2.75, 3.05) is 0 Å². The minimum absolute atomic E-state index is 0.0239. The van der Waals surface area contributed by atoms with Crippen LogP contribution in [0.4, 0.5) is 0 Å². The summed E-state index contributed by atoms with van der Waals surface area (Å²) in [7, 11) is -4.12. The van der Waals surface area contributed by atoms with Crippen LogP contribution in [0.1, 0.15) is 41.5 Å². The van der Waals surface area contributed by atoms with E-state index in [-0.39, 0.29) is 10.1 Å². The van der Waals surface area contributed by atoms with Gasteiger partial charge in [0.05, 0.1) is 10.4 Å². The van der Waals surface area contributed by atoms with Crippen LogP contribution in [-0.4, -0.2) is 16.6 Å². The summed E-state index contributed by atoms with van der Waals surface area (Å²) in [4.78, 5) is 12.9. The molecule has 3 aromatic rings. The van der Waals surface area contributed by atoms with Gasteiger partial charge in [-0.15, -0.1) is 0 Å². The van der Waals surface area contributed by atoms with E-state index in [0.717, 1.165) is 10.8 Å². The van der Waals surface area contributed by atoms with E-state index < -0.39 is 22.3 Å². The van der Waals surface area contributed by atoms with E-state index in [2.05, 4.69) is 67.7 Å². The van der Waals surface area contributed by atoms with E-state index in [1.165, 1.54) is 0 Å². The van der Waals surface area contributed by atoms with Crippen LogP contribution in [0, 0.1) is 0 Å². The SMILES string of the molecule is CC(C)(C)[Si](C)(C)Oc1ccc2c(c1)c(=O)oc1cc(O[Si](C)(C)C(C)(C)C)c(Cl)cc12. The summed E-state index contributed by atoms with van der Waals surface area (Å²) in [6.07, 6.45) is 0. The molecule has 7 heteroatoms. The van der Waals surface area contributed by atoms with E-state index in [1.54, 1.807) is 12.1 Å². The quantitative estimate of drug-likeness (QED) is 0.209. The lowest BCUT2D eigenvalue weighted by Crippen LogP contribution is -2.43. The molecule has 0 N–H and O–H groups in total. The average molecular weight is 491 g/mol. The zero-order valence-corrected chi connectivity index (χ0v) is 23.7. The first-order valence-corrected chi connectivity index (χ1v) is 17.2. The molecule has 0 saturated heterocycles. The van der Waals surface area contributed by atoms with Gasteiger partial charge in [0.1, 0.15) is 17.1 Å². The van der Waals surface area contributed by atoms with Crippen molar-refractivity contribution in [1.82, 2.24) is 0 Å². The molecule has 0 saturated carbocycles. The molecule has 0 spiro atoms. The van der Waals surface area contributed by atoms with Crippen molar-refractivity contribution >= 4 is 50.0 Å². The number of fused-ring (bicyclic) bond motifs is 3. The number of rotatable bonds is 4. The number of hydrogen-bond donors (Lipinski definition) is 0. The van der Waals surface area contributed by atoms with Crippen molar-refractivity contribution in [3.8, 4) is 11.5 Å². The molecule has 0 unspecified atom stereocenters. The van der Waals surface area contributed by atoms with Gasteiger partial charge in [0.25, 0.3) is 8.32 Å². The zero-order valence-electron chi connectivity index (χ0n) is 20.9. The summed E-state index contributed by atoms with van der Waals surface area (Å²) in [6, 6.07) is 9.21. The van der Waals surface area contributed by atoms with Gasteiger partial charge < -0.3 is 13.3 Å². The second kappa shape index (κ2) is 7.92. The molecule has 0 aliphatic carbocycles. The third kappa shape index (κ3) is 4.63. The highest BCUT2D eigenvalue weighted by Crippen LogP contribution is 2.42. The van der Waals surface area contributed by atoms with Crippen LogP contribution in [0.15, 0.2) is 39.5 Å². The third-order valence-electron chi connectivity index (χ3n) is 7.09. The van der Waals surface area contributed by atoms with E-state index in [0.29, 0.717) is 27.5 Å². The molecule has 3 rings (SSSR count). The van der Waals surface area contributed by atoms with Gasteiger partial charge in [0.15, 0.2) is 0 Å². The average Bonchev–Trinajstić information content (AvgIpc) is 2.61. The number of halogens is 1. The fourth-order valence-electron chi connectivity index (χ4n) is 2.93. The molecule has 2 aromatic carbocycles. The first-order chi connectivity index (χ1) is 14.4. The van der Waals surface area contributed by atoms with Gasteiger partial charge in [-0.2, -0.15) is 0 Å². The Morgan fingerprint density at radius 2 is 1.34 bits per heavy atom. The molecule has 32 heavy (non-hydrogen) atoms. The highest BCUT2D eigenvalue weighted by molar-refractivity contribution is 6.75. The molecule has 0 aliphatic rings. The van der Waals surface area contributed by atoms with E-state index in [9.17, 15) is 4.79 Å². The molecular weight excluding hydrogens is 456 g/mol. The highest BCUT2D eigenvalue weighted by atomic mass is 35.5. The van der Waals surface area contributed by atoms with Crippen LogP contribution in [0.25, 0.3) is 21.7 Å². The Morgan fingerprint density at radius 3 is 1.91 bits per heavy atom. The largest absolute Gasteiger partial charge is 0.543 e. The van der Waals surface area contributed by atoms with Crippen LogP contribution in [-0.2, 0) is 0 Å². The van der Waals surface area contributed by atoms with Crippen LogP contribution in [0.5, 0.6) is 11.5 Å². The lowest BCUT2D eigenvalue weighted by molar-refractivity contribution is 0.490. The molecule has 1 heterocycles. The van der Waals surface area contributed by atoms with Crippen LogP contribution < -0.4 is 14.5 Å². The molecule has 174 valence electrons. The predicted molar refractivity (Wildman–Crippen MR) is 141 cm³/mol. The summed E-state index contributed by atoms with van der Waals surface area (Å²) >= 11 is 6.63. The maximum absolute atomic E-state index is 12.9. The Morgan fingerprint density at radius 1 is 0.781 bits per heavy atom. The maximum atomic E-state index is 12.9. The topological polar surface area (TPSA) is 48.7 Å². The fraction of sp³-hybridized carbons (Fsp3) is 0.480. The van der Waals surface area contributed by atoms with Crippen molar-refractivity contribution in [2.45, 2.75) is 77.8 Å². The van der Waals surface area contributed by atoms with Crippen LogP contribution in [0.2, 0.25) is 41.3 Å². The summed E-state index contributed by atoms with van der Waals surface area (Å²) in [5, 5.41) is 2.66. The monoisotopic (exact) mass is 490 g/mol. The lowest BCUT2D eigenvalue weighted by Gasteiger charge is -2.36. The van der Waals surface area contributed by atoms with E-state index in [4.69, 9.17) is 24.9 Å². The Kier molecular flexibility index (Phi) is 6.16. The Balaban J connectivity index is 2.11. The van der Waals surface area contributed by atoms with Gasteiger partial charge in [-0.1, -0.05) is 53.1 Å². The van der Waals surface area contributed by atoms with Crippen LogP contribution >= 0.6 is 11.6 Å². The Labute approximate surface area is 198 Å². The fourth-order valence-corrected chi connectivity index (χ4v) is 5.24. The molecule has 0 bridgehead atoms. The summed E-state index contributed by atoms with van der Waals surface area (Å²) < 4.78 is 18.5. The Bertz CT molecular complexity index is 1230. The van der Waals surface area contributed by atoms with Crippen molar-refractivity contribution in [2.24, 2.45) is 0 Å². The zero-order chi connectivity index (χ0) is 24.3. The first-order valence-electron chi connectivity index (χ1n) is 11.0. The van der Waals surface area contributed by atoms with Crippen molar-refractivity contribution < 1.29 is 13.3 Å². The summed E-state index contributed by atoms with van der Waals surface area (Å²) in [6.45, 7) is 21.8. The Hall–Kier alpha value is -1.77. The molecule has 0 amide bonds. The van der Waals surface area contributed by atoms with E-state index >= 15 is 0 Å². The van der Waals surface area contributed by atoms with Crippen LogP contribution in [0.3, 0.4) is 0 Å². The van der Waals surface area contributed by atoms with Crippen molar-refractivity contribution in [3.63, 3.8) is 0 Å². The molecule has 0 atom stereocenters. The molecule has 0 radical (unpaired) electrons. The van der Waals surface area contributed by atoms with Crippen molar-refractivity contribution in [1.29, 1.82) is 0 Å². The normalized spacial score (nSPS) is 13.6. The molecular formula is C25H35ClO4Si2. The molecule has 0 aliphatic heterocycles. The number of hydrogen-bond acceptors (Lipinski definition) is 4. The van der Waals surface area contributed by atoms with Gasteiger partial charge in [-0.25, -0.2) is 4.79 Å². The minimum atomic E-state index is -2.09. The highest BCUT2D eigenvalue weighted by Gasteiger charge is 2.40. The summed E-state index contributed by atoms with van der Waals surface area (Å²) in [5.41, 5.74) is 0.0763. The minimum Gasteiger partial charge on any atom is -0.543 e.